The predicted octanol–water partition coefficient (Wildman–Crippen LogP) is 1.32. The second-order valence-corrected chi connectivity index (χ2v) is 4.70. The number of nitriles is 1. The zero-order valence-electron chi connectivity index (χ0n) is 10.3. The second kappa shape index (κ2) is 4.26. The van der Waals surface area contributed by atoms with Gasteiger partial charge in [-0.25, -0.2) is 14.8 Å². The average molecular weight is 246 g/mol. The Morgan fingerprint density at radius 1 is 1.67 bits per heavy atom. The lowest BCUT2D eigenvalue weighted by molar-refractivity contribution is -0.142. The lowest BCUT2D eigenvalue weighted by atomic mass is 9.96. The lowest BCUT2D eigenvalue weighted by Crippen LogP contribution is -2.46. The van der Waals surface area contributed by atoms with Crippen molar-refractivity contribution in [2.45, 2.75) is 32.2 Å². The van der Waals surface area contributed by atoms with Gasteiger partial charge in [0.25, 0.3) is 0 Å². The van der Waals surface area contributed by atoms with Crippen LogP contribution in [0.25, 0.3) is 0 Å². The first-order valence-corrected chi connectivity index (χ1v) is 5.72. The van der Waals surface area contributed by atoms with Crippen molar-refractivity contribution >= 4 is 11.8 Å². The summed E-state index contributed by atoms with van der Waals surface area (Å²) in [5.41, 5.74) is -0.819. The largest absolute Gasteiger partial charge is 0.480 e. The molecule has 1 fully saturated rings. The van der Waals surface area contributed by atoms with Crippen molar-refractivity contribution in [3.63, 3.8) is 0 Å². The highest BCUT2D eigenvalue weighted by atomic mass is 16.4. The summed E-state index contributed by atoms with van der Waals surface area (Å²) in [6.07, 6.45) is 3.16. The molecule has 0 amide bonds. The fourth-order valence-corrected chi connectivity index (χ4v) is 1.88. The van der Waals surface area contributed by atoms with E-state index in [-0.39, 0.29) is 11.5 Å². The number of nitrogens with zero attached hydrogens (tertiary/aromatic N) is 3. The van der Waals surface area contributed by atoms with Crippen LogP contribution in [0.15, 0.2) is 6.20 Å². The van der Waals surface area contributed by atoms with Crippen LogP contribution in [0.3, 0.4) is 0 Å². The Kier molecular flexibility index (Phi) is 2.91. The summed E-state index contributed by atoms with van der Waals surface area (Å²) in [6.45, 7) is 3.33. The third-order valence-corrected chi connectivity index (χ3v) is 3.25. The molecule has 6 heteroatoms. The van der Waals surface area contributed by atoms with Gasteiger partial charge in [0, 0.05) is 0 Å². The number of hydrogen-bond acceptors (Lipinski definition) is 5. The molecule has 94 valence electrons. The van der Waals surface area contributed by atoms with Gasteiger partial charge in [-0.15, -0.1) is 0 Å². The van der Waals surface area contributed by atoms with Crippen LogP contribution in [0, 0.1) is 24.2 Å². The number of carboxylic acid groups (broad SMARTS) is 1. The quantitative estimate of drug-likeness (QED) is 0.831. The van der Waals surface area contributed by atoms with Crippen LogP contribution in [0.4, 0.5) is 5.82 Å². The van der Waals surface area contributed by atoms with Crippen molar-refractivity contribution < 1.29 is 9.90 Å². The summed E-state index contributed by atoms with van der Waals surface area (Å²) in [5, 5.41) is 21.2. The number of aryl methyl sites for hydroxylation is 1. The molecule has 6 nitrogen and oxygen atoms in total. The van der Waals surface area contributed by atoms with Crippen LogP contribution in [0.5, 0.6) is 0 Å². The fourth-order valence-electron chi connectivity index (χ4n) is 1.88. The molecule has 0 bridgehead atoms. The Bertz CT molecular complexity index is 533. The number of carbonyl (C=O) groups is 1. The molecule has 0 aliphatic heterocycles. The van der Waals surface area contributed by atoms with E-state index >= 15 is 0 Å². The molecule has 1 aromatic heterocycles. The van der Waals surface area contributed by atoms with E-state index in [4.69, 9.17) is 5.26 Å². The van der Waals surface area contributed by atoms with E-state index in [0.717, 1.165) is 12.8 Å². The molecule has 2 N–H and O–H groups in total. The third-order valence-electron chi connectivity index (χ3n) is 3.25. The summed E-state index contributed by atoms with van der Waals surface area (Å²) in [7, 11) is 0. The van der Waals surface area contributed by atoms with Gasteiger partial charge in [-0.2, -0.15) is 5.26 Å². The topological polar surface area (TPSA) is 98.9 Å². The molecule has 1 unspecified atom stereocenters. The van der Waals surface area contributed by atoms with E-state index in [1.165, 1.54) is 6.20 Å². The maximum Gasteiger partial charge on any atom is 0.329 e. The molecule has 0 aromatic carbocycles. The molecule has 1 atom stereocenters. The Morgan fingerprint density at radius 2 is 2.33 bits per heavy atom. The highest BCUT2D eigenvalue weighted by molar-refractivity contribution is 5.83. The summed E-state index contributed by atoms with van der Waals surface area (Å²) < 4.78 is 0. The summed E-state index contributed by atoms with van der Waals surface area (Å²) in [5.74, 6) is -0.0520. The van der Waals surface area contributed by atoms with Gasteiger partial charge in [0.05, 0.1) is 6.20 Å². The number of hydrogen-bond donors (Lipinski definition) is 2. The van der Waals surface area contributed by atoms with Crippen molar-refractivity contribution in [1.82, 2.24) is 9.97 Å². The second-order valence-electron chi connectivity index (χ2n) is 4.70. The monoisotopic (exact) mass is 246 g/mol. The van der Waals surface area contributed by atoms with Gasteiger partial charge in [-0.3, -0.25) is 0 Å². The van der Waals surface area contributed by atoms with Gasteiger partial charge in [0.15, 0.2) is 0 Å². The van der Waals surface area contributed by atoms with Crippen molar-refractivity contribution in [2.75, 3.05) is 5.32 Å². The highest BCUT2D eigenvalue weighted by Crippen LogP contribution is 2.41. The average Bonchev–Trinajstić information content (AvgIpc) is 3.13. The molecule has 0 radical (unpaired) electrons. The Balaban J connectivity index is 2.35. The molecule has 1 aliphatic carbocycles. The fraction of sp³-hybridized carbons (Fsp3) is 0.500. The van der Waals surface area contributed by atoms with E-state index in [1.807, 2.05) is 6.07 Å². The van der Waals surface area contributed by atoms with Gasteiger partial charge in [-0.1, -0.05) is 0 Å². The Hall–Kier alpha value is -2.16. The van der Waals surface area contributed by atoms with Crippen molar-refractivity contribution in [3.8, 4) is 6.07 Å². The minimum atomic E-state index is -1.08. The number of carboxylic acids is 1. The van der Waals surface area contributed by atoms with Crippen molar-refractivity contribution in [2.24, 2.45) is 5.92 Å². The molecule has 0 spiro atoms. The number of aliphatic carboxylic acids is 1. The minimum Gasteiger partial charge on any atom is -0.480 e. The van der Waals surface area contributed by atoms with Gasteiger partial charge in [0.2, 0.25) is 0 Å². The maximum atomic E-state index is 11.4. The SMILES string of the molecule is Cc1ncc(C#N)c(NC(C)(C(=O)O)C2CC2)n1. The third kappa shape index (κ3) is 2.12. The van der Waals surface area contributed by atoms with E-state index in [2.05, 4.69) is 15.3 Å². The number of rotatable bonds is 4. The van der Waals surface area contributed by atoms with Gasteiger partial charge in [-0.05, 0) is 32.6 Å². The molecular formula is C12H14N4O2. The van der Waals surface area contributed by atoms with Crippen molar-refractivity contribution in [3.05, 3.63) is 17.6 Å². The van der Waals surface area contributed by atoms with Crippen LogP contribution in [0.1, 0.15) is 31.2 Å². The normalized spacial score (nSPS) is 17.6. The van der Waals surface area contributed by atoms with E-state index in [0.29, 0.717) is 11.6 Å². The first kappa shape index (κ1) is 12.3. The number of nitrogens with one attached hydrogen (secondary N) is 1. The van der Waals surface area contributed by atoms with Crippen LogP contribution in [0.2, 0.25) is 0 Å². The van der Waals surface area contributed by atoms with E-state index in [9.17, 15) is 9.90 Å². The minimum absolute atomic E-state index is 0.0804. The van der Waals surface area contributed by atoms with Gasteiger partial charge < -0.3 is 10.4 Å². The predicted molar refractivity (Wildman–Crippen MR) is 63.9 cm³/mol. The van der Waals surface area contributed by atoms with Crippen LogP contribution in [-0.4, -0.2) is 26.6 Å². The Labute approximate surface area is 105 Å². The first-order valence-electron chi connectivity index (χ1n) is 5.72. The standard InChI is InChI=1S/C12H14N4O2/c1-7-14-6-8(5-13)10(15-7)16-12(2,11(17)18)9-3-4-9/h6,9H,3-4H2,1-2H3,(H,17,18)(H,14,15,16). The molecule has 1 aliphatic rings. The van der Waals surface area contributed by atoms with Gasteiger partial charge in [0.1, 0.15) is 28.8 Å². The molecule has 18 heavy (non-hydrogen) atoms. The molecular weight excluding hydrogens is 232 g/mol. The molecule has 2 rings (SSSR count). The zero-order valence-corrected chi connectivity index (χ0v) is 10.3. The van der Waals surface area contributed by atoms with Crippen LogP contribution >= 0.6 is 0 Å². The zero-order chi connectivity index (χ0) is 13.3. The lowest BCUT2D eigenvalue weighted by Gasteiger charge is -2.27. The van der Waals surface area contributed by atoms with Crippen molar-refractivity contribution in [1.29, 1.82) is 5.26 Å². The smallest absolute Gasteiger partial charge is 0.329 e. The molecule has 1 saturated carbocycles. The Morgan fingerprint density at radius 3 is 2.83 bits per heavy atom. The summed E-state index contributed by atoms with van der Waals surface area (Å²) in [4.78, 5) is 19.4. The number of anilines is 1. The molecule has 1 heterocycles. The van der Waals surface area contributed by atoms with Gasteiger partial charge >= 0.3 is 5.97 Å². The molecule has 0 saturated heterocycles. The first-order chi connectivity index (χ1) is 8.47. The van der Waals surface area contributed by atoms with Crippen LogP contribution < -0.4 is 5.32 Å². The molecule has 1 aromatic rings. The van der Waals surface area contributed by atoms with E-state index < -0.39 is 11.5 Å². The summed E-state index contributed by atoms with van der Waals surface area (Å²) >= 11 is 0. The highest BCUT2D eigenvalue weighted by Gasteiger charge is 2.48. The number of aromatic nitrogens is 2. The van der Waals surface area contributed by atoms with E-state index in [1.54, 1.807) is 13.8 Å². The summed E-state index contributed by atoms with van der Waals surface area (Å²) in [6, 6.07) is 1.96. The van der Waals surface area contributed by atoms with Crippen LogP contribution in [-0.2, 0) is 4.79 Å². The maximum absolute atomic E-state index is 11.4.